The third kappa shape index (κ3) is 4.88. The fourth-order valence-electron chi connectivity index (χ4n) is 3.97. The first-order valence-electron chi connectivity index (χ1n) is 10.5. The minimum atomic E-state index is -3.72. The van der Waals surface area contributed by atoms with Crippen molar-refractivity contribution >= 4 is 48.9 Å². The van der Waals surface area contributed by atoms with Crippen LogP contribution in [-0.2, 0) is 14.8 Å². The highest BCUT2D eigenvalue weighted by Gasteiger charge is 2.32. The number of nitrogens with one attached hydrogen (secondary N) is 1. The molecule has 1 N–H and O–H groups in total. The van der Waals surface area contributed by atoms with Crippen LogP contribution in [0.1, 0.15) is 44.4 Å². The Balaban J connectivity index is 1.97. The number of nitrogens with zero attached hydrogens (tertiary/aromatic N) is 2. The zero-order valence-corrected chi connectivity index (χ0v) is 20.8. The summed E-state index contributed by atoms with van der Waals surface area (Å²) in [6.07, 6.45) is 1.41. The van der Waals surface area contributed by atoms with Gasteiger partial charge in [0.1, 0.15) is 6.04 Å². The number of anilines is 2. The number of hydrogen-bond donors (Lipinski definition) is 1. The second-order valence-corrected chi connectivity index (χ2v) is 11.2. The van der Waals surface area contributed by atoms with Gasteiger partial charge >= 0.3 is 4.87 Å². The first-order chi connectivity index (χ1) is 14.9. The number of carbonyl (C=O) groups excluding carboxylic acids is 1. The molecule has 2 aromatic carbocycles. The summed E-state index contributed by atoms with van der Waals surface area (Å²) < 4.78 is 29.1. The van der Waals surface area contributed by atoms with E-state index >= 15 is 0 Å². The van der Waals surface area contributed by atoms with E-state index in [1.807, 2.05) is 39.8 Å². The molecule has 0 saturated carbocycles. The van der Waals surface area contributed by atoms with Crippen molar-refractivity contribution in [3.05, 3.63) is 57.2 Å². The fourth-order valence-corrected chi connectivity index (χ4v) is 6.21. The van der Waals surface area contributed by atoms with Crippen LogP contribution in [0.15, 0.2) is 41.2 Å². The van der Waals surface area contributed by atoms with Gasteiger partial charge in [0.15, 0.2) is 0 Å². The monoisotopic (exact) mass is 475 g/mol. The van der Waals surface area contributed by atoms with Gasteiger partial charge < -0.3 is 5.32 Å². The molecule has 0 fully saturated rings. The standard InChI is InChI=1S/C23H29N3O4S2/c1-7-19(26(32(6,29)30)18-11-15(4)10-16(5)12-18)22(27)24-17-8-9-20-21(13-17)31-23(28)25(20)14(2)3/h8-14,19H,7H2,1-6H3,(H,24,27)/t19-/m0/s1. The lowest BCUT2D eigenvalue weighted by Gasteiger charge is -2.30. The van der Waals surface area contributed by atoms with Crippen molar-refractivity contribution in [3.63, 3.8) is 0 Å². The number of aromatic nitrogens is 1. The van der Waals surface area contributed by atoms with Crippen LogP contribution in [0.4, 0.5) is 11.4 Å². The van der Waals surface area contributed by atoms with Gasteiger partial charge in [-0.05, 0) is 75.6 Å². The molecule has 0 spiro atoms. The molecule has 0 radical (unpaired) electrons. The Hall–Kier alpha value is -2.65. The predicted molar refractivity (Wildman–Crippen MR) is 132 cm³/mol. The number of aryl methyl sites for hydroxylation is 2. The molecule has 1 aromatic heterocycles. The van der Waals surface area contributed by atoms with Crippen molar-refractivity contribution < 1.29 is 13.2 Å². The number of thiazole rings is 1. The average Bonchev–Trinajstić information content (AvgIpc) is 2.98. The lowest BCUT2D eigenvalue weighted by molar-refractivity contribution is -0.117. The highest BCUT2D eigenvalue weighted by Crippen LogP contribution is 2.27. The normalized spacial score (nSPS) is 12.8. The number of fused-ring (bicyclic) bond motifs is 1. The average molecular weight is 476 g/mol. The number of carbonyl (C=O) groups is 1. The molecule has 3 aromatic rings. The summed E-state index contributed by atoms with van der Waals surface area (Å²) in [4.78, 5) is 25.5. The van der Waals surface area contributed by atoms with Crippen LogP contribution in [0, 0.1) is 13.8 Å². The summed E-state index contributed by atoms with van der Waals surface area (Å²) >= 11 is 1.12. The van der Waals surface area contributed by atoms with E-state index in [1.54, 1.807) is 35.8 Å². The van der Waals surface area contributed by atoms with E-state index in [0.29, 0.717) is 17.8 Å². The van der Waals surface area contributed by atoms with E-state index in [9.17, 15) is 18.0 Å². The van der Waals surface area contributed by atoms with Crippen molar-refractivity contribution in [2.24, 2.45) is 0 Å². The lowest BCUT2D eigenvalue weighted by atomic mass is 10.1. The molecule has 0 aliphatic rings. The zero-order valence-electron chi connectivity index (χ0n) is 19.2. The molecule has 0 bridgehead atoms. The fraction of sp³-hybridized carbons (Fsp3) is 0.391. The zero-order chi connectivity index (χ0) is 23.8. The van der Waals surface area contributed by atoms with Gasteiger partial charge in [0.05, 0.1) is 22.2 Å². The smallest absolute Gasteiger partial charge is 0.308 e. The van der Waals surface area contributed by atoms with E-state index in [1.165, 1.54) is 4.31 Å². The molecule has 172 valence electrons. The largest absolute Gasteiger partial charge is 0.324 e. The molecular weight excluding hydrogens is 446 g/mol. The van der Waals surface area contributed by atoms with Crippen molar-refractivity contribution in [2.45, 2.75) is 53.1 Å². The summed E-state index contributed by atoms with van der Waals surface area (Å²) in [5, 5.41) is 2.84. The number of hydrogen-bond acceptors (Lipinski definition) is 5. The van der Waals surface area contributed by atoms with Crippen LogP contribution >= 0.6 is 11.3 Å². The van der Waals surface area contributed by atoms with Crippen LogP contribution in [0.5, 0.6) is 0 Å². The maximum Gasteiger partial charge on any atom is 0.308 e. The SMILES string of the molecule is CC[C@@H](C(=O)Nc1ccc2c(c1)sc(=O)n2C(C)C)N(c1cc(C)cc(C)c1)S(C)(=O)=O. The maximum atomic E-state index is 13.2. The molecule has 9 heteroatoms. The van der Waals surface area contributed by atoms with Gasteiger partial charge in [0, 0.05) is 11.7 Å². The molecular formula is C23H29N3O4S2. The first kappa shape index (κ1) is 24.0. The van der Waals surface area contributed by atoms with Crippen molar-refractivity contribution in [1.82, 2.24) is 4.57 Å². The predicted octanol–water partition coefficient (Wildman–Crippen LogP) is 4.44. The molecule has 1 atom stereocenters. The first-order valence-corrected chi connectivity index (χ1v) is 13.1. The molecule has 1 amide bonds. The summed E-state index contributed by atoms with van der Waals surface area (Å²) in [5.74, 6) is -0.424. The Bertz CT molecular complexity index is 1300. The Morgan fingerprint density at radius 3 is 2.28 bits per heavy atom. The summed E-state index contributed by atoms with van der Waals surface area (Å²) in [5.41, 5.74) is 3.63. The van der Waals surface area contributed by atoms with Crippen molar-refractivity contribution in [3.8, 4) is 0 Å². The Morgan fingerprint density at radius 1 is 1.12 bits per heavy atom. The molecule has 32 heavy (non-hydrogen) atoms. The molecule has 7 nitrogen and oxygen atoms in total. The lowest BCUT2D eigenvalue weighted by Crippen LogP contribution is -2.47. The molecule has 0 unspecified atom stereocenters. The van der Waals surface area contributed by atoms with Gasteiger partial charge in [0.25, 0.3) is 0 Å². The Morgan fingerprint density at radius 2 is 1.75 bits per heavy atom. The summed E-state index contributed by atoms with van der Waals surface area (Å²) in [7, 11) is -3.72. The van der Waals surface area contributed by atoms with Gasteiger partial charge in [-0.1, -0.05) is 24.3 Å². The third-order valence-electron chi connectivity index (χ3n) is 5.19. The van der Waals surface area contributed by atoms with Crippen LogP contribution < -0.4 is 14.5 Å². The van der Waals surface area contributed by atoms with Gasteiger partial charge in [0.2, 0.25) is 15.9 Å². The van der Waals surface area contributed by atoms with E-state index in [0.717, 1.165) is 38.9 Å². The van der Waals surface area contributed by atoms with Gasteiger partial charge in [-0.15, -0.1) is 0 Å². The van der Waals surface area contributed by atoms with Gasteiger partial charge in [-0.3, -0.25) is 18.5 Å². The summed E-state index contributed by atoms with van der Waals surface area (Å²) in [6.45, 7) is 9.45. The highest BCUT2D eigenvalue weighted by atomic mass is 32.2. The third-order valence-corrected chi connectivity index (χ3v) is 7.29. The number of benzene rings is 2. The molecule has 1 heterocycles. The van der Waals surface area contributed by atoms with Crippen molar-refractivity contribution in [1.29, 1.82) is 0 Å². The quantitative estimate of drug-likeness (QED) is 0.547. The van der Waals surface area contributed by atoms with E-state index in [4.69, 9.17) is 0 Å². The second kappa shape index (κ2) is 9.07. The van der Waals surface area contributed by atoms with E-state index in [2.05, 4.69) is 5.32 Å². The Labute approximate surface area is 192 Å². The van der Waals surface area contributed by atoms with Crippen LogP contribution in [0.25, 0.3) is 10.2 Å². The van der Waals surface area contributed by atoms with Crippen LogP contribution in [0.3, 0.4) is 0 Å². The minimum absolute atomic E-state index is 0.0299. The topological polar surface area (TPSA) is 88.5 Å². The van der Waals surface area contributed by atoms with Crippen LogP contribution in [0.2, 0.25) is 0 Å². The maximum absolute atomic E-state index is 13.2. The molecule has 0 aliphatic carbocycles. The molecule has 3 rings (SSSR count). The number of sulfonamides is 1. The van der Waals surface area contributed by atoms with Gasteiger partial charge in [-0.2, -0.15) is 0 Å². The highest BCUT2D eigenvalue weighted by molar-refractivity contribution is 7.92. The summed E-state index contributed by atoms with van der Waals surface area (Å²) in [6, 6.07) is 9.90. The van der Waals surface area contributed by atoms with Crippen LogP contribution in [-0.4, -0.2) is 31.2 Å². The molecule has 0 saturated heterocycles. The second-order valence-electron chi connectivity index (χ2n) is 8.33. The van der Waals surface area contributed by atoms with Gasteiger partial charge in [-0.25, -0.2) is 8.42 Å². The Kier molecular flexibility index (Phi) is 6.80. The van der Waals surface area contributed by atoms with E-state index < -0.39 is 22.0 Å². The van der Waals surface area contributed by atoms with Crippen molar-refractivity contribution in [2.75, 3.05) is 15.9 Å². The van der Waals surface area contributed by atoms with E-state index in [-0.39, 0.29) is 10.9 Å². The minimum Gasteiger partial charge on any atom is -0.324 e. The number of rotatable bonds is 7. The number of amides is 1. The molecule has 0 aliphatic heterocycles.